The molecule has 0 aromatic rings. The summed E-state index contributed by atoms with van der Waals surface area (Å²) in [5.41, 5.74) is 0.346. The molecular formula is C15H27NO. The van der Waals surface area contributed by atoms with Crippen molar-refractivity contribution in [2.24, 2.45) is 17.8 Å². The smallest absolute Gasteiger partial charge is 0.114 e. The summed E-state index contributed by atoms with van der Waals surface area (Å²) in [5, 5.41) is 0. The minimum Gasteiger partial charge on any atom is -0.359 e. The van der Waals surface area contributed by atoms with Gasteiger partial charge in [0.1, 0.15) is 6.23 Å². The Kier molecular flexibility index (Phi) is 2.79. The first-order valence-corrected chi connectivity index (χ1v) is 7.42. The number of hydrogen-bond donors (Lipinski definition) is 0. The van der Waals surface area contributed by atoms with Crippen LogP contribution in [0.3, 0.4) is 0 Å². The quantitative estimate of drug-likeness (QED) is 0.641. The van der Waals surface area contributed by atoms with Crippen molar-refractivity contribution in [2.75, 3.05) is 6.54 Å². The van der Waals surface area contributed by atoms with E-state index in [-0.39, 0.29) is 0 Å². The molecule has 0 unspecified atom stereocenters. The molecule has 1 saturated carbocycles. The Morgan fingerprint density at radius 3 is 2.65 bits per heavy atom. The Bertz CT molecular complexity index is 301. The molecule has 0 amide bonds. The van der Waals surface area contributed by atoms with Crippen LogP contribution in [0.2, 0.25) is 0 Å². The highest BCUT2D eigenvalue weighted by Crippen LogP contribution is 2.48. The van der Waals surface area contributed by atoms with E-state index in [1.165, 1.54) is 32.2 Å². The van der Waals surface area contributed by atoms with E-state index in [9.17, 15) is 0 Å². The van der Waals surface area contributed by atoms with Gasteiger partial charge in [0.25, 0.3) is 0 Å². The molecule has 2 heteroatoms. The lowest BCUT2D eigenvalue weighted by atomic mass is 9.70. The number of fused-ring (bicyclic) bond motifs is 2. The van der Waals surface area contributed by atoms with Crippen LogP contribution < -0.4 is 0 Å². The third-order valence-corrected chi connectivity index (χ3v) is 5.64. The highest BCUT2D eigenvalue weighted by atomic mass is 16.5. The third-order valence-electron chi connectivity index (χ3n) is 5.64. The van der Waals surface area contributed by atoms with Gasteiger partial charge in [-0.25, -0.2) is 0 Å². The normalized spacial score (nSPS) is 49.8. The minimum atomic E-state index is 0.346. The summed E-state index contributed by atoms with van der Waals surface area (Å²) in [6, 6.07) is 0. The Morgan fingerprint density at radius 2 is 1.88 bits per heavy atom. The number of rotatable bonds is 0. The van der Waals surface area contributed by atoms with E-state index in [4.69, 9.17) is 4.74 Å². The van der Waals surface area contributed by atoms with Gasteiger partial charge in [-0.15, -0.1) is 0 Å². The fourth-order valence-electron chi connectivity index (χ4n) is 4.42. The number of ether oxygens (including phenoxy) is 1. The third kappa shape index (κ3) is 1.76. The van der Waals surface area contributed by atoms with Crippen LogP contribution in [-0.4, -0.2) is 29.3 Å². The molecule has 3 fully saturated rings. The lowest BCUT2D eigenvalue weighted by Crippen LogP contribution is -2.63. The molecule has 0 N–H and O–H groups in total. The summed E-state index contributed by atoms with van der Waals surface area (Å²) >= 11 is 0. The monoisotopic (exact) mass is 237 g/mol. The SMILES string of the molecule is C[C@@H]1CC[C@@H]2[C@@H](C1)O[C@H]1[C@H](C)CCN1C2(C)C. The lowest BCUT2D eigenvalue weighted by Gasteiger charge is -2.56. The van der Waals surface area contributed by atoms with E-state index in [1.54, 1.807) is 0 Å². The molecule has 0 radical (unpaired) electrons. The van der Waals surface area contributed by atoms with Gasteiger partial charge in [0, 0.05) is 18.0 Å². The second-order valence-corrected chi connectivity index (χ2v) is 7.20. The summed E-state index contributed by atoms with van der Waals surface area (Å²) in [6.45, 7) is 10.9. The number of hydrogen-bond acceptors (Lipinski definition) is 2. The molecule has 1 aliphatic carbocycles. The second kappa shape index (κ2) is 3.96. The lowest BCUT2D eigenvalue weighted by molar-refractivity contribution is -0.227. The van der Waals surface area contributed by atoms with Crippen LogP contribution >= 0.6 is 0 Å². The summed E-state index contributed by atoms with van der Waals surface area (Å²) in [6.07, 6.45) is 6.26. The van der Waals surface area contributed by atoms with Crippen LogP contribution in [-0.2, 0) is 4.74 Å². The summed E-state index contributed by atoms with van der Waals surface area (Å²) in [5.74, 6) is 2.32. The van der Waals surface area contributed by atoms with Crippen molar-refractivity contribution in [2.45, 2.75) is 71.2 Å². The van der Waals surface area contributed by atoms with Crippen molar-refractivity contribution < 1.29 is 4.74 Å². The van der Waals surface area contributed by atoms with Gasteiger partial charge in [0.05, 0.1) is 6.10 Å². The largest absolute Gasteiger partial charge is 0.359 e. The van der Waals surface area contributed by atoms with E-state index >= 15 is 0 Å². The fourth-order valence-corrected chi connectivity index (χ4v) is 4.42. The van der Waals surface area contributed by atoms with Gasteiger partial charge in [-0.2, -0.15) is 0 Å². The molecule has 2 nitrogen and oxygen atoms in total. The highest BCUT2D eigenvalue weighted by Gasteiger charge is 2.53. The fraction of sp³-hybridized carbons (Fsp3) is 1.00. The Balaban J connectivity index is 1.87. The predicted octanol–water partition coefficient (Wildman–Crippen LogP) is 3.27. The standard InChI is InChI=1S/C15H27NO/c1-10-5-6-12-13(9-10)17-14-11(2)7-8-16(14)15(12,3)4/h10-14H,5-9H2,1-4H3/t10-,11-,12-,13-,14+/m1/s1. The molecule has 3 rings (SSSR count). The molecule has 2 saturated heterocycles. The number of nitrogens with zero attached hydrogens (tertiary/aromatic N) is 1. The Morgan fingerprint density at radius 1 is 1.12 bits per heavy atom. The van der Waals surface area contributed by atoms with Crippen LogP contribution in [0, 0.1) is 17.8 Å². The van der Waals surface area contributed by atoms with E-state index < -0.39 is 0 Å². The van der Waals surface area contributed by atoms with Gasteiger partial charge < -0.3 is 4.74 Å². The van der Waals surface area contributed by atoms with E-state index in [0.29, 0.717) is 23.8 Å². The molecule has 98 valence electrons. The molecule has 2 heterocycles. The van der Waals surface area contributed by atoms with Gasteiger partial charge in [-0.3, -0.25) is 4.90 Å². The zero-order chi connectivity index (χ0) is 12.2. The van der Waals surface area contributed by atoms with Crippen molar-refractivity contribution in [1.29, 1.82) is 0 Å². The summed E-state index contributed by atoms with van der Waals surface area (Å²) in [4.78, 5) is 2.65. The van der Waals surface area contributed by atoms with Crippen LogP contribution in [0.25, 0.3) is 0 Å². The Hall–Kier alpha value is -0.0800. The first-order chi connectivity index (χ1) is 8.00. The molecular weight excluding hydrogens is 210 g/mol. The second-order valence-electron chi connectivity index (χ2n) is 7.20. The van der Waals surface area contributed by atoms with Crippen molar-refractivity contribution in [3.05, 3.63) is 0 Å². The van der Waals surface area contributed by atoms with Crippen molar-refractivity contribution in [3.8, 4) is 0 Å². The minimum absolute atomic E-state index is 0.346. The highest BCUT2D eigenvalue weighted by molar-refractivity contribution is 5.02. The van der Waals surface area contributed by atoms with Gasteiger partial charge in [0.2, 0.25) is 0 Å². The van der Waals surface area contributed by atoms with Crippen molar-refractivity contribution in [3.63, 3.8) is 0 Å². The van der Waals surface area contributed by atoms with Crippen LogP contribution in [0.5, 0.6) is 0 Å². The van der Waals surface area contributed by atoms with Crippen LogP contribution in [0.15, 0.2) is 0 Å². The molecule has 0 aromatic carbocycles. The van der Waals surface area contributed by atoms with E-state index in [0.717, 1.165) is 11.8 Å². The molecule has 0 aromatic heterocycles. The van der Waals surface area contributed by atoms with Gasteiger partial charge in [-0.1, -0.05) is 20.3 Å². The van der Waals surface area contributed by atoms with Crippen LogP contribution in [0.1, 0.15) is 53.4 Å². The average Bonchev–Trinajstić information content (AvgIpc) is 2.61. The maximum Gasteiger partial charge on any atom is 0.114 e. The summed E-state index contributed by atoms with van der Waals surface area (Å²) < 4.78 is 6.46. The van der Waals surface area contributed by atoms with E-state index in [1.807, 2.05) is 0 Å². The topological polar surface area (TPSA) is 12.5 Å². The predicted molar refractivity (Wildman–Crippen MR) is 69.7 cm³/mol. The molecule has 0 bridgehead atoms. The summed E-state index contributed by atoms with van der Waals surface area (Å²) in [7, 11) is 0. The first-order valence-electron chi connectivity index (χ1n) is 7.42. The maximum atomic E-state index is 6.46. The molecule has 17 heavy (non-hydrogen) atoms. The average molecular weight is 237 g/mol. The van der Waals surface area contributed by atoms with Gasteiger partial charge in [-0.05, 0) is 44.9 Å². The first kappa shape index (κ1) is 12.0. The van der Waals surface area contributed by atoms with Gasteiger partial charge in [0.15, 0.2) is 0 Å². The maximum absolute atomic E-state index is 6.46. The molecule has 0 spiro atoms. The molecule has 3 aliphatic rings. The zero-order valence-electron chi connectivity index (χ0n) is 11.8. The van der Waals surface area contributed by atoms with Crippen molar-refractivity contribution >= 4 is 0 Å². The Labute approximate surface area is 106 Å². The molecule has 2 aliphatic heterocycles. The van der Waals surface area contributed by atoms with Gasteiger partial charge >= 0.3 is 0 Å². The van der Waals surface area contributed by atoms with E-state index in [2.05, 4.69) is 32.6 Å². The van der Waals surface area contributed by atoms with Crippen LogP contribution in [0.4, 0.5) is 0 Å². The zero-order valence-corrected chi connectivity index (χ0v) is 11.8. The van der Waals surface area contributed by atoms with Crippen molar-refractivity contribution in [1.82, 2.24) is 4.90 Å². The molecule has 5 atom stereocenters.